The van der Waals surface area contributed by atoms with Crippen molar-refractivity contribution < 1.29 is 19.1 Å². The van der Waals surface area contributed by atoms with Gasteiger partial charge in [-0.15, -0.1) is 0 Å². The number of nitrogens with zero attached hydrogens (tertiary/aromatic N) is 2. The molecule has 2 amide bonds. The quantitative estimate of drug-likeness (QED) is 0.741. The van der Waals surface area contributed by atoms with E-state index in [4.69, 9.17) is 9.47 Å². The molecule has 7 nitrogen and oxygen atoms in total. The van der Waals surface area contributed by atoms with E-state index in [9.17, 15) is 9.59 Å². The van der Waals surface area contributed by atoms with Gasteiger partial charge in [0.1, 0.15) is 11.5 Å². The van der Waals surface area contributed by atoms with Crippen LogP contribution in [-0.4, -0.2) is 45.2 Å². The molecular formula is C24H29N3O4. The van der Waals surface area contributed by atoms with Gasteiger partial charge in [-0.25, -0.2) is 0 Å². The van der Waals surface area contributed by atoms with Crippen molar-refractivity contribution in [1.82, 2.24) is 5.32 Å². The van der Waals surface area contributed by atoms with E-state index in [1.165, 1.54) is 0 Å². The largest absolute Gasteiger partial charge is 0.497 e. The zero-order valence-electron chi connectivity index (χ0n) is 18.1. The van der Waals surface area contributed by atoms with E-state index >= 15 is 0 Å². The lowest BCUT2D eigenvalue weighted by Gasteiger charge is -2.40. The number of benzene rings is 2. The number of hydrogen-bond donors (Lipinski definition) is 1. The predicted octanol–water partition coefficient (Wildman–Crippen LogP) is 3.12. The van der Waals surface area contributed by atoms with E-state index in [1.807, 2.05) is 35.2 Å². The maximum atomic E-state index is 13.0. The van der Waals surface area contributed by atoms with Gasteiger partial charge in [0, 0.05) is 50.1 Å². The molecule has 0 aromatic heterocycles. The lowest BCUT2D eigenvalue weighted by atomic mass is 10.1. The zero-order chi connectivity index (χ0) is 21.8. The zero-order valence-corrected chi connectivity index (χ0v) is 18.1. The SMILES string of the molecule is COc1ccc(CNC(=O)CCC(=O)N2CC3CCCN3c3ccccc32)c(OC)c1. The predicted molar refractivity (Wildman–Crippen MR) is 120 cm³/mol. The van der Waals surface area contributed by atoms with Gasteiger partial charge in [0.25, 0.3) is 0 Å². The van der Waals surface area contributed by atoms with Gasteiger partial charge in [0.15, 0.2) is 0 Å². The molecule has 164 valence electrons. The average molecular weight is 424 g/mol. The van der Waals surface area contributed by atoms with E-state index in [1.54, 1.807) is 20.3 Å². The van der Waals surface area contributed by atoms with Gasteiger partial charge >= 0.3 is 0 Å². The second-order valence-electron chi connectivity index (χ2n) is 7.94. The van der Waals surface area contributed by atoms with E-state index < -0.39 is 0 Å². The standard InChI is InChI=1S/C24H29N3O4/c1-30-19-10-9-17(22(14-19)31-2)15-25-23(28)11-12-24(29)27-16-18-6-5-13-26(18)20-7-3-4-8-21(20)27/h3-4,7-10,14,18H,5-6,11-13,15-16H2,1-2H3,(H,25,28). The molecule has 31 heavy (non-hydrogen) atoms. The van der Waals surface area contributed by atoms with Gasteiger partial charge in [0.2, 0.25) is 11.8 Å². The number of carbonyl (C=O) groups excluding carboxylic acids is 2. The van der Waals surface area contributed by atoms with Crippen molar-refractivity contribution in [2.24, 2.45) is 0 Å². The minimum absolute atomic E-state index is 0.00354. The van der Waals surface area contributed by atoms with Gasteiger partial charge in [-0.3, -0.25) is 9.59 Å². The van der Waals surface area contributed by atoms with E-state index in [0.717, 1.165) is 36.3 Å². The Labute approximate surface area is 182 Å². The van der Waals surface area contributed by atoms with Gasteiger partial charge in [-0.2, -0.15) is 0 Å². The first-order valence-corrected chi connectivity index (χ1v) is 10.7. The molecule has 1 unspecified atom stereocenters. The highest BCUT2D eigenvalue weighted by atomic mass is 16.5. The Kier molecular flexibility index (Phi) is 6.30. The first kappa shape index (κ1) is 21.0. The monoisotopic (exact) mass is 423 g/mol. The molecule has 2 aliphatic rings. The molecule has 0 saturated carbocycles. The molecule has 1 N–H and O–H groups in total. The van der Waals surface area contributed by atoms with Crippen LogP contribution in [0.2, 0.25) is 0 Å². The number of rotatable bonds is 7. The number of methoxy groups -OCH3 is 2. The Hall–Kier alpha value is -3.22. The number of carbonyl (C=O) groups is 2. The normalized spacial score (nSPS) is 17.0. The maximum absolute atomic E-state index is 13.0. The Morgan fingerprint density at radius 3 is 2.65 bits per heavy atom. The number of anilines is 2. The first-order chi connectivity index (χ1) is 15.1. The number of ether oxygens (including phenoxy) is 2. The van der Waals surface area contributed by atoms with Crippen LogP contribution < -0.4 is 24.6 Å². The van der Waals surface area contributed by atoms with Gasteiger partial charge in [-0.05, 0) is 37.1 Å². The molecule has 4 rings (SSSR count). The molecule has 0 radical (unpaired) electrons. The summed E-state index contributed by atoms with van der Waals surface area (Å²) in [6.07, 6.45) is 2.59. The summed E-state index contributed by atoms with van der Waals surface area (Å²) in [7, 11) is 3.18. The summed E-state index contributed by atoms with van der Waals surface area (Å²) >= 11 is 0. The minimum Gasteiger partial charge on any atom is -0.497 e. The number of nitrogens with one attached hydrogen (secondary N) is 1. The van der Waals surface area contributed by atoms with Crippen LogP contribution >= 0.6 is 0 Å². The second-order valence-corrected chi connectivity index (χ2v) is 7.94. The third-order valence-electron chi connectivity index (χ3n) is 6.09. The third-order valence-corrected chi connectivity index (χ3v) is 6.09. The molecule has 1 atom stereocenters. The highest BCUT2D eigenvalue weighted by molar-refractivity contribution is 5.99. The molecule has 7 heteroatoms. The summed E-state index contributed by atoms with van der Waals surface area (Å²) in [5.41, 5.74) is 2.93. The highest BCUT2D eigenvalue weighted by Gasteiger charge is 2.35. The fraction of sp³-hybridized carbons (Fsp3) is 0.417. The molecule has 2 aromatic rings. The molecule has 0 spiro atoms. The van der Waals surface area contributed by atoms with Crippen molar-refractivity contribution in [2.45, 2.75) is 38.3 Å². The van der Waals surface area contributed by atoms with Crippen LogP contribution in [0, 0.1) is 0 Å². The molecule has 2 aliphatic heterocycles. The van der Waals surface area contributed by atoms with Crippen molar-refractivity contribution in [3.63, 3.8) is 0 Å². The van der Waals surface area contributed by atoms with E-state index in [-0.39, 0.29) is 24.7 Å². The Bertz CT molecular complexity index is 962. The fourth-order valence-electron chi connectivity index (χ4n) is 4.46. The third kappa shape index (κ3) is 4.45. The topological polar surface area (TPSA) is 71.1 Å². The van der Waals surface area contributed by atoms with E-state index in [0.29, 0.717) is 30.6 Å². The molecule has 1 fully saturated rings. The van der Waals surface area contributed by atoms with Crippen LogP contribution in [0.3, 0.4) is 0 Å². The molecule has 0 bridgehead atoms. The van der Waals surface area contributed by atoms with Gasteiger partial charge < -0.3 is 24.6 Å². The van der Waals surface area contributed by atoms with Crippen molar-refractivity contribution in [3.05, 3.63) is 48.0 Å². The van der Waals surface area contributed by atoms with Crippen LogP contribution in [-0.2, 0) is 16.1 Å². The Balaban J connectivity index is 1.34. The summed E-state index contributed by atoms with van der Waals surface area (Å²) in [4.78, 5) is 29.7. The maximum Gasteiger partial charge on any atom is 0.227 e. The summed E-state index contributed by atoms with van der Waals surface area (Å²) in [5.74, 6) is 1.19. The lowest BCUT2D eigenvalue weighted by molar-refractivity contribution is -0.125. The van der Waals surface area contributed by atoms with Crippen LogP contribution in [0.5, 0.6) is 11.5 Å². The van der Waals surface area contributed by atoms with Gasteiger partial charge in [-0.1, -0.05) is 12.1 Å². The smallest absolute Gasteiger partial charge is 0.227 e. The Morgan fingerprint density at radius 2 is 1.87 bits per heavy atom. The number of para-hydroxylation sites is 2. The van der Waals surface area contributed by atoms with Crippen molar-refractivity contribution in [2.75, 3.05) is 37.1 Å². The Morgan fingerprint density at radius 1 is 1.06 bits per heavy atom. The van der Waals surface area contributed by atoms with Crippen LogP contribution in [0.1, 0.15) is 31.2 Å². The summed E-state index contributed by atoms with van der Waals surface area (Å²) in [6.45, 7) is 2.07. The summed E-state index contributed by atoms with van der Waals surface area (Å²) in [6, 6.07) is 13.9. The van der Waals surface area contributed by atoms with Gasteiger partial charge in [0.05, 0.1) is 25.6 Å². The molecule has 2 heterocycles. The van der Waals surface area contributed by atoms with Crippen LogP contribution in [0.15, 0.2) is 42.5 Å². The number of amides is 2. The highest BCUT2D eigenvalue weighted by Crippen LogP contribution is 2.39. The van der Waals surface area contributed by atoms with Crippen molar-refractivity contribution >= 4 is 23.2 Å². The van der Waals surface area contributed by atoms with Crippen molar-refractivity contribution in [3.8, 4) is 11.5 Å². The summed E-state index contributed by atoms with van der Waals surface area (Å²) < 4.78 is 10.6. The molecule has 1 saturated heterocycles. The van der Waals surface area contributed by atoms with Crippen LogP contribution in [0.25, 0.3) is 0 Å². The average Bonchev–Trinajstić information content (AvgIpc) is 3.29. The molecule has 2 aromatic carbocycles. The molecule has 0 aliphatic carbocycles. The number of hydrogen-bond acceptors (Lipinski definition) is 5. The molecular weight excluding hydrogens is 394 g/mol. The summed E-state index contributed by atoms with van der Waals surface area (Å²) in [5, 5.41) is 2.89. The lowest BCUT2D eigenvalue weighted by Crippen LogP contribution is -2.48. The second kappa shape index (κ2) is 9.29. The van der Waals surface area contributed by atoms with Crippen LogP contribution in [0.4, 0.5) is 11.4 Å². The van der Waals surface area contributed by atoms with E-state index in [2.05, 4.69) is 16.3 Å². The first-order valence-electron chi connectivity index (χ1n) is 10.7. The van der Waals surface area contributed by atoms with Crippen molar-refractivity contribution in [1.29, 1.82) is 0 Å². The fourth-order valence-corrected chi connectivity index (χ4v) is 4.46. The minimum atomic E-state index is -0.154. The number of fused-ring (bicyclic) bond motifs is 3.